The van der Waals surface area contributed by atoms with Crippen LogP contribution in [0.4, 0.5) is 11.4 Å². The summed E-state index contributed by atoms with van der Waals surface area (Å²) in [7, 11) is 4.07. The molecule has 15 heavy (non-hydrogen) atoms. The van der Waals surface area contributed by atoms with Gasteiger partial charge in [0.05, 0.1) is 11.4 Å². The molecule has 0 aromatic heterocycles. The molecule has 1 rings (SSSR count). The van der Waals surface area contributed by atoms with E-state index in [4.69, 9.17) is 0 Å². The Balaban J connectivity index is 2.94. The van der Waals surface area contributed by atoms with Crippen molar-refractivity contribution in [2.45, 2.75) is 26.2 Å². The van der Waals surface area contributed by atoms with Gasteiger partial charge >= 0.3 is 0 Å². The Bertz CT molecular complexity index is 329. The predicted molar refractivity (Wildman–Crippen MR) is 68.6 cm³/mol. The lowest BCUT2D eigenvalue weighted by atomic mass is 10.1. The molecule has 82 valence electrons. The Morgan fingerprint density at radius 2 is 2.07 bits per heavy atom. The van der Waals surface area contributed by atoms with Gasteiger partial charge in [0.2, 0.25) is 0 Å². The molecule has 1 aromatic carbocycles. The third-order valence-corrected chi connectivity index (χ3v) is 2.51. The SMILES string of the molecule is C=Nc1ccc(CCCC)cc1N(C)C. The van der Waals surface area contributed by atoms with Crippen molar-refractivity contribution in [1.29, 1.82) is 0 Å². The Hall–Kier alpha value is -1.31. The van der Waals surface area contributed by atoms with Crippen molar-refractivity contribution in [3.8, 4) is 0 Å². The van der Waals surface area contributed by atoms with Crippen LogP contribution in [0.3, 0.4) is 0 Å². The first-order valence-electron chi connectivity index (χ1n) is 5.46. The van der Waals surface area contributed by atoms with Gasteiger partial charge in [-0.1, -0.05) is 19.4 Å². The zero-order chi connectivity index (χ0) is 11.3. The van der Waals surface area contributed by atoms with E-state index in [1.165, 1.54) is 18.4 Å². The van der Waals surface area contributed by atoms with Crippen LogP contribution < -0.4 is 4.90 Å². The second-order valence-electron chi connectivity index (χ2n) is 3.98. The highest BCUT2D eigenvalue weighted by Crippen LogP contribution is 2.28. The average Bonchev–Trinajstić information content (AvgIpc) is 2.25. The highest BCUT2D eigenvalue weighted by atomic mass is 15.1. The smallest absolute Gasteiger partial charge is 0.0855 e. The number of benzene rings is 1. The number of nitrogens with zero attached hydrogens (tertiary/aromatic N) is 2. The molecular formula is C13H20N2. The van der Waals surface area contributed by atoms with Gasteiger partial charge in [-0.05, 0) is 37.3 Å². The predicted octanol–water partition coefficient (Wildman–Crippen LogP) is 3.43. The molecule has 0 saturated heterocycles. The molecule has 0 unspecified atom stereocenters. The van der Waals surface area contributed by atoms with Crippen molar-refractivity contribution in [2.24, 2.45) is 4.99 Å². The van der Waals surface area contributed by atoms with E-state index in [9.17, 15) is 0 Å². The topological polar surface area (TPSA) is 15.6 Å². The maximum atomic E-state index is 4.02. The molecule has 0 heterocycles. The minimum atomic E-state index is 0.959. The number of hydrogen-bond donors (Lipinski definition) is 0. The van der Waals surface area contributed by atoms with Gasteiger partial charge in [0.1, 0.15) is 0 Å². The van der Waals surface area contributed by atoms with Crippen LogP contribution >= 0.6 is 0 Å². The van der Waals surface area contributed by atoms with Crippen molar-refractivity contribution in [2.75, 3.05) is 19.0 Å². The van der Waals surface area contributed by atoms with Crippen LogP contribution in [-0.4, -0.2) is 20.8 Å². The maximum absolute atomic E-state index is 4.02. The third-order valence-electron chi connectivity index (χ3n) is 2.51. The fourth-order valence-corrected chi connectivity index (χ4v) is 1.60. The zero-order valence-electron chi connectivity index (χ0n) is 9.95. The van der Waals surface area contributed by atoms with Crippen LogP contribution in [0.25, 0.3) is 0 Å². The highest BCUT2D eigenvalue weighted by molar-refractivity contribution is 5.69. The molecule has 1 aromatic rings. The molecule has 0 N–H and O–H groups in total. The Labute approximate surface area is 92.6 Å². The fourth-order valence-electron chi connectivity index (χ4n) is 1.60. The quantitative estimate of drug-likeness (QED) is 0.671. The number of aryl methyl sites for hydroxylation is 1. The maximum Gasteiger partial charge on any atom is 0.0855 e. The Morgan fingerprint density at radius 3 is 2.60 bits per heavy atom. The summed E-state index contributed by atoms with van der Waals surface area (Å²) in [6, 6.07) is 6.40. The lowest BCUT2D eigenvalue weighted by Crippen LogP contribution is -2.09. The summed E-state index contributed by atoms with van der Waals surface area (Å²) in [4.78, 5) is 6.10. The van der Waals surface area contributed by atoms with Crippen LogP contribution in [-0.2, 0) is 6.42 Å². The molecule has 0 atom stereocenters. The first kappa shape index (κ1) is 11.8. The van der Waals surface area contributed by atoms with Gasteiger partial charge in [0.15, 0.2) is 0 Å². The van der Waals surface area contributed by atoms with Gasteiger partial charge in [-0.25, -0.2) is 0 Å². The summed E-state index contributed by atoms with van der Waals surface area (Å²) in [5.74, 6) is 0. The van der Waals surface area contributed by atoms with Crippen LogP contribution in [0, 0.1) is 0 Å². The highest BCUT2D eigenvalue weighted by Gasteiger charge is 2.04. The van der Waals surface area contributed by atoms with Crippen LogP contribution in [0.5, 0.6) is 0 Å². The van der Waals surface area contributed by atoms with Gasteiger partial charge in [-0.2, -0.15) is 0 Å². The van der Waals surface area contributed by atoms with Gasteiger partial charge < -0.3 is 4.90 Å². The molecule has 0 aliphatic rings. The summed E-state index contributed by atoms with van der Waals surface area (Å²) in [6.07, 6.45) is 3.63. The third kappa shape index (κ3) is 3.08. The van der Waals surface area contributed by atoms with E-state index in [-0.39, 0.29) is 0 Å². The Morgan fingerprint density at radius 1 is 1.33 bits per heavy atom. The standard InChI is InChI=1S/C13H20N2/c1-5-6-7-11-8-9-12(14-2)13(10-11)15(3)4/h8-10H,2,5-7H2,1,3-4H3. The van der Waals surface area contributed by atoms with E-state index in [1.54, 1.807) is 0 Å². The molecule has 2 nitrogen and oxygen atoms in total. The second-order valence-corrected chi connectivity index (χ2v) is 3.98. The summed E-state index contributed by atoms with van der Waals surface area (Å²) in [5.41, 5.74) is 3.49. The van der Waals surface area contributed by atoms with E-state index in [0.717, 1.165) is 17.8 Å². The Kier molecular flexibility index (Phi) is 4.35. The summed E-state index contributed by atoms with van der Waals surface area (Å²) >= 11 is 0. The van der Waals surface area contributed by atoms with Gasteiger partial charge in [-0.15, -0.1) is 0 Å². The normalized spacial score (nSPS) is 10.1. The van der Waals surface area contributed by atoms with Crippen molar-refractivity contribution >= 4 is 18.1 Å². The van der Waals surface area contributed by atoms with Crippen LogP contribution in [0.1, 0.15) is 25.3 Å². The largest absolute Gasteiger partial charge is 0.376 e. The molecule has 0 aliphatic carbocycles. The van der Waals surface area contributed by atoms with E-state index >= 15 is 0 Å². The fraction of sp³-hybridized carbons (Fsp3) is 0.462. The molecule has 0 radical (unpaired) electrons. The van der Waals surface area contributed by atoms with Crippen LogP contribution in [0.15, 0.2) is 23.2 Å². The number of rotatable bonds is 5. The van der Waals surface area contributed by atoms with Gasteiger partial charge in [-0.3, -0.25) is 4.99 Å². The summed E-state index contributed by atoms with van der Waals surface area (Å²) < 4.78 is 0. The van der Waals surface area contributed by atoms with Crippen molar-refractivity contribution < 1.29 is 0 Å². The van der Waals surface area contributed by atoms with E-state index < -0.39 is 0 Å². The first-order chi connectivity index (χ1) is 7.19. The average molecular weight is 204 g/mol. The number of anilines is 1. The van der Waals surface area contributed by atoms with Crippen molar-refractivity contribution in [3.05, 3.63) is 23.8 Å². The molecule has 0 amide bonds. The lowest BCUT2D eigenvalue weighted by Gasteiger charge is -2.16. The molecule has 0 spiro atoms. The number of unbranched alkanes of at least 4 members (excludes halogenated alkanes) is 1. The zero-order valence-corrected chi connectivity index (χ0v) is 9.95. The molecular weight excluding hydrogens is 184 g/mol. The molecule has 0 fully saturated rings. The minimum Gasteiger partial charge on any atom is -0.376 e. The molecule has 2 heteroatoms. The van der Waals surface area contributed by atoms with E-state index in [2.05, 4.69) is 35.7 Å². The molecule has 0 bridgehead atoms. The van der Waals surface area contributed by atoms with Gasteiger partial charge in [0, 0.05) is 14.1 Å². The van der Waals surface area contributed by atoms with E-state index in [0.29, 0.717) is 0 Å². The molecule has 0 saturated carbocycles. The lowest BCUT2D eigenvalue weighted by molar-refractivity contribution is 0.795. The second kappa shape index (κ2) is 5.54. The van der Waals surface area contributed by atoms with Crippen molar-refractivity contribution in [3.63, 3.8) is 0 Å². The first-order valence-corrected chi connectivity index (χ1v) is 5.46. The minimum absolute atomic E-state index is 0.959. The summed E-state index contributed by atoms with van der Waals surface area (Å²) in [5, 5.41) is 0. The number of hydrogen-bond acceptors (Lipinski definition) is 2. The molecule has 0 aliphatic heterocycles. The monoisotopic (exact) mass is 204 g/mol. The van der Waals surface area contributed by atoms with E-state index in [1.807, 2.05) is 20.2 Å². The van der Waals surface area contributed by atoms with Crippen LogP contribution in [0.2, 0.25) is 0 Å². The van der Waals surface area contributed by atoms with Crippen molar-refractivity contribution in [1.82, 2.24) is 0 Å². The van der Waals surface area contributed by atoms with Gasteiger partial charge in [0.25, 0.3) is 0 Å². The number of aliphatic imine (C=N–C) groups is 1. The summed E-state index contributed by atoms with van der Waals surface area (Å²) in [6.45, 7) is 5.80.